The summed E-state index contributed by atoms with van der Waals surface area (Å²) in [6.07, 6.45) is 70.9. The lowest BCUT2D eigenvalue weighted by Crippen LogP contribution is -2.30. The van der Waals surface area contributed by atoms with Crippen molar-refractivity contribution >= 4 is 39.5 Å². The average molecular weight is 1550 g/mol. The molecule has 0 amide bonds. The molecule has 0 aromatic heterocycles. The molecule has 0 radical (unpaired) electrons. The fraction of sp³-hybridized carbons (Fsp3) is 0.954. The van der Waals surface area contributed by atoms with Crippen LogP contribution in [0.1, 0.15) is 465 Å². The number of rotatable bonds is 86. The molecular weight excluding hydrogens is 1380 g/mol. The number of phosphoric acid groups is 2. The van der Waals surface area contributed by atoms with E-state index in [9.17, 15) is 43.2 Å². The molecule has 17 nitrogen and oxygen atoms in total. The van der Waals surface area contributed by atoms with E-state index in [1.54, 1.807) is 0 Å². The normalized spacial score (nSPS) is 13.8. The van der Waals surface area contributed by atoms with Crippen molar-refractivity contribution in [2.45, 2.75) is 484 Å². The van der Waals surface area contributed by atoms with Crippen molar-refractivity contribution in [3.05, 3.63) is 0 Å². The highest BCUT2D eigenvalue weighted by atomic mass is 31.2. The monoisotopic (exact) mass is 1550 g/mol. The average Bonchev–Trinajstić information content (AvgIpc) is 0.944. The van der Waals surface area contributed by atoms with Gasteiger partial charge in [0.25, 0.3) is 0 Å². The predicted octanol–water partition coefficient (Wildman–Crippen LogP) is 26.6. The maximum atomic E-state index is 13.2. The summed E-state index contributed by atoms with van der Waals surface area (Å²) in [5, 5.41) is 10.7. The summed E-state index contributed by atoms with van der Waals surface area (Å²) >= 11 is 0. The van der Waals surface area contributed by atoms with Crippen LogP contribution in [0.15, 0.2) is 0 Å². The van der Waals surface area contributed by atoms with Gasteiger partial charge in [0.15, 0.2) is 12.2 Å². The highest BCUT2D eigenvalue weighted by molar-refractivity contribution is 7.47. The van der Waals surface area contributed by atoms with Crippen LogP contribution in [0.25, 0.3) is 0 Å². The van der Waals surface area contributed by atoms with Crippen LogP contribution >= 0.6 is 15.6 Å². The molecule has 0 fully saturated rings. The number of hydrogen-bond donors (Lipinski definition) is 3. The van der Waals surface area contributed by atoms with E-state index in [1.807, 2.05) is 0 Å². The Balaban J connectivity index is 5.23. The molecule has 0 bridgehead atoms. The van der Waals surface area contributed by atoms with Crippen molar-refractivity contribution in [3.63, 3.8) is 0 Å². The summed E-state index contributed by atoms with van der Waals surface area (Å²) < 4.78 is 68.9. The third kappa shape index (κ3) is 80.1. The Morgan fingerprint density at radius 2 is 0.434 bits per heavy atom. The van der Waals surface area contributed by atoms with Gasteiger partial charge in [0, 0.05) is 25.7 Å². The maximum Gasteiger partial charge on any atom is 0.472 e. The molecule has 3 N–H and O–H groups in total. The Kier molecular flexibility index (Phi) is 76.9. The van der Waals surface area contributed by atoms with Crippen LogP contribution in [-0.4, -0.2) is 96.7 Å². The minimum Gasteiger partial charge on any atom is -0.462 e. The molecule has 0 aliphatic carbocycles. The zero-order valence-electron chi connectivity index (χ0n) is 69.7. The van der Waals surface area contributed by atoms with E-state index >= 15 is 0 Å². The maximum absolute atomic E-state index is 13.2. The van der Waals surface area contributed by atoms with Gasteiger partial charge in [-0.05, 0) is 37.5 Å². The summed E-state index contributed by atoms with van der Waals surface area (Å²) in [5.41, 5.74) is 0. The second-order valence-electron chi connectivity index (χ2n) is 32.2. The topological polar surface area (TPSA) is 237 Å². The van der Waals surface area contributed by atoms with E-state index in [0.29, 0.717) is 25.7 Å². The van der Waals surface area contributed by atoms with Gasteiger partial charge < -0.3 is 33.8 Å². The highest BCUT2D eigenvalue weighted by Crippen LogP contribution is 2.45. The number of phosphoric ester groups is 2. The first kappa shape index (κ1) is 104. The molecule has 0 aromatic rings. The molecule has 630 valence electrons. The number of aliphatic hydroxyl groups is 1. The molecular formula is C87H170O17P2. The van der Waals surface area contributed by atoms with Crippen LogP contribution in [0.3, 0.4) is 0 Å². The number of unbranched alkanes of at least 4 members (excludes halogenated alkanes) is 56. The molecule has 0 aliphatic rings. The summed E-state index contributed by atoms with van der Waals surface area (Å²) in [4.78, 5) is 73.2. The van der Waals surface area contributed by atoms with Gasteiger partial charge in [-0.2, -0.15) is 0 Å². The first-order chi connectivity index (χ1) is 51.4. The second kappa shape index (κ2) is 78.3. The number of esters is 4. The van der Waals surface area contributed by atoms with E-state index in [1.165, 1.54) is 283 Å². The van der Waals surface area contributed by atoms with E-state index in [4.69, 9.17) is 37.0 Å². The van der Waals surface area contributed by atoms with Crippen LogP contribution in [0.2, 0.25) is 0 Å². The number of hydrogen-bond acceptors (Lipinski definition) is 15. The van der Waals surface area contributed by atoms with Crippen LogP contribution in [0.5, 0.6) is 0 Å². The molecule has 0 heterocycles. The lowest BCUT2D eigenvalue weighted by atomic mass is 10.0. The van der Waals surface area contributed by atoms with E-state index in [-0.39, 0.29) is 25.7 Å². The Hall–Kier alpha value is -1.94. The Morgan fingerprint density at radius 3 is 0.642 bits per heavy atom. The largest absolute Gasteiger partial charge is 0.472 e. The van der Waals surface area contributed by atoms with Crippen molar-refractivity contribution < 1.29 is 80.2 Å². The molecule has 0 saturated carbocycles. The second-order valence-corrected chi connectivity index (χ2v) is 35.1. The number of carbonyl (C=O) groups is 4. The number of aliphatic hydroxyl groups excluding tert-OH is 1. The van der Waals surface area contributed by atoms with Gasteiger partial charge >= 0.3 is 39.5 Å². The van der Waals surface area contributed by atoms with Gasteiger partial charge in [-0.1, -0.05) is 414 Å². The lowest BCUT2D eigenvalue weighted by Gasteiger charge is -2.21. The Labute approximate surface area is 651 Å². The van der Waals surface area contributed by atoms with Crippen LogP contribution < -0.4 is 0 Å². The van der Waals surface area contributed by atoms with Gasteiger partial charge in [0.1, 0.15) is 19.3 Å². The summed E-state index contributed by atoms with van der Waals surface area (Å²) in [6, 6.07) is 0. The van der Waals surface area contributed by atoms with Crippen molar-refractivity contribution in [3.8, 4) is 0 Å². The third-order valence-corrected chi connectivity index (χ3v) is 22.4. The first-order valence-electron chi connectivity index (χ1n) is 45.0. The van der Waals surface area contributed by atoms with E-state index < -0.39 is 97.5 Å². The Morgan fingerprint density at radius 1 is 0.255 bits per heavy atom. The zero-order valence-corrected chi connectivity index (χ0v) is 71.5. The minimum absolute atomic E-state index is 0.108. The predicted molar refractivity (Wildman–Crippen MR) is 437 cm³/mol. The minimum atomic E-state index is -4.97. The summed E-state index contributed by atoms with van der Waals surface area (Å²) in [6.45, 7) is 9.69. The molecule has 0 saturated heterocycles. The van der Waals surface area contributed by atoms with E-state index in [2.05, 4.69) is 41.5 Å². The van der Waals surface area contributed by atoms with Crippen molar-refractivity contribution in [2.24, 2.45) is 11.8 Å². The fourth-order valence-electron chi connectivity index (χ4n) is 13.6. The van der Waals surface area contributed by atoms with Crippen molar-refractivity contribution in [1.82, 2.24) is 0 Å². The smallest absolute Gasteiger partial charge is 0.462 e. The van der Waals surface area contributed by atoms with Gasteiger partial charge in [-0.25, -0.2) is 9.13 Å². The Bertz CT molecular complexity index is 2030. The molecule has 5 atom stereocenters. The molecule has 0 spiro atoms. The van der Waals surface area contributed by atoms with Crippen LogP contribution in [0, 0.1) is 11.8 Å². The molecule has 19 heteroatoms. The van der Waals surface area contributed by atoms with Gasteiger partial charge in [0.2, 0.25) is 0 Å². The zero-order chi connectivity index (χ0) is 77.8. The summed E-state index contributed by atoms with van der Waals surface area (Å²) in [5.74, 6) is -0.544. The SMILES string of the molecule is CCCCCCCCCCCCCCCCCCCCCCCCC(=O)O[C@H](COC(=O)CCCCCCCCCCCCCCCCCCC(C)C)COP(=O)(O)OC[C@@H](O)COP(=O)(O)OC[C@@H](COC(=O)CCCCCCCCCCCC(C)C)OC(=O)CCCCCCCCCCCCCCC. The third-order valence-electron chi connectivity index (χ3n) is 20.5. The fourth-order valence-corrected chi connectivity index (χ4v) is 15.2. The van der Waals surface area contributed by atoms with Gasteiger partial charge in [-0.15, -0.1) is 0 Å². The molecule has 106 heavy (non-hydrogen) atoms. The van der Waals surface area contributed by atoms with Crippen molar-refractivity contribution in [2.75, 3.05) is 39.6 Å². The first-order valence-corrected chi connectivity index (χ1v) is 48.0. The van der Waals surface area contributed by atoms with Gasteiger partial charge in [-0.3, -0.25) is 37.3 Å². The molecule has 0 aliphatic heterocycles. The van der Waals surface area contributed by atoms with Crippen LogP contribution in [0.4, 0.5) is 0 Å². The lowest BCUT2D eigenvalue weighted by molar-refractivity contribution is -0.161. The number of carbonyl (C=O) groups excluding carboxylic acids is 4. The van der Waals surface area contributed by atoms with E-state index in [0.717, 1.165) is 102 Å². The van der Waals surface area contributed by atoms with Crippen LogP contribution in [-0.2, 0) is 65.4 Å². The molecule has 0 rings (SSSR count). The summed E-state index contributed by atoms with van der Waals surface area (Å²) in [7, 11) is -9.93. The van der Waals surface area contributed by atoms with Gasteiger partial charge in [0.05, 0.1) is 26.4 Å². The quantitative estimate of drug-likeness (QED) is 0.0222. The standard InChI is InChI=1S/C87H170O17P2/c1-7-9-11-13-15-17-19-21-22-23-24-25-26-27-28-33-37-41-47-54-60-66-72-87(92)103-82(75-97-84(89)69-63-57-51-45-39-36-32-30-29-31-35-38-43-49-55-61-67-79(3)4)77-101-105(93,94)99-73-81(88)74-100-106(95,96)102-78-83(76-98-85(90)70-64-58-52-48-42-44-50-56-62-68-80(5)6)104-86(91)71-65-59-53-46-40-34-20-18-16-14-12-10-8-2/h79-83,88H,7-78H2,1-6H3,(H,93,94)(H,95,96)/t81-,82-,83-/m1/s1. The highest BCUT2D eigenvalue weighted by Gasteiger charge is 2.30. The molecule has 0 aromatic carbocycles. The molecule has 2 unspecified atom stereocenters. The number of ether oxygens (including phenoxy) is 4. The van der Waals surface area contributed by atoms with Crippen molar-refractivity contribution in [1.29, 1.82) is 0 Å².